The van der Waals surface area contributed by atoms with Gasteiger partial charge in [0.05, 0.1) is 5.56 Å². The maximum absolute atomic E-state index is 13.5. The maximum atomic E-state index is 13.5. The van der Waals surface area contributed by atoms with Crippen molar-refractivity contribution in [3.8, 4) is 5.75 Å². The Hall–Kier alpha value is -3.00. The molecule has 2 rings (SSSR count). The Labute approximate surface area is 162 Å². The predicted octanol–water partition coefficient (Wildman–Crippen LogP) is 2.66. The van der Waals surface area contributed by atoms with Crippen LogP contribution in [-0.4, -0.2) is 23.5 Å². The standard InChI is InChI=1S/C19H20FN3O3S/c1-12(2)13-7-4-6-10-16(13)26-11-17(24)22-23-19(27)21-18(25)14-8-3-5-9-15(14)20/h3-10,12H,11H2,1-2H3,(H,22,24)(H2,21,23,25,27). The Bertz CT molecular complexity index is 842. The molecule has 0 saturated carbocycles. The minimum absolute atomic E-state index is 0.151. The zero-order chi connectivity index (χ0) is 19.8. The minimum Gasteiger partial charge on any atom is -0.483 e. The van der Waals surface area contributed by atoms with E-state index in [1.165, 1.54) is 24.3 Å². The first-order valence-corrected chi connectivity index (χ1v) is 8.65. The number of ether oxygens (including phenoxy) is 1. The van der Waals surface area contributed by atoms with Gasteiger partial charge in [0, 0.05) is 0 Å². The Morgan fingerprint density at radius 3 is 2.44 bits per heavy atom. The van der Waals surface area contributed by atoms with Gasteiger partial charge < -0.3 is 4.74 Å². The highest BCUT2D eigenvalue weighted by Crippen LogP contribution is 2.25. The molecule has 142 valence electrons. The molecule has 0 aliphatic rings. The minimum atomic E-state index is -0.720. The van der Waals surface area contributed by atoms with Gasteiger partial charge in [0.1, 0.15) is 11.6 Å². The molecule has 27 heavy (non-hydrogen) atoms. The Kier molecular flexibility index (Phi) is 7.25. The Morgan fingerprint density at radius 1 is 1.07 bits per heavy atom. The van der Waals surface area contributed by atoms with Crippen molar-refractivity contribution in [2.45, 2.75) is 19.8 Å². The van der Waals surface area contributed by atoms with Crippen LogP contribution in [0.5, 0.6) is 5.75 Å². The third kappa shape index (κ3) is 6.03. The van der Waals surface area contributed by atoms with Crippen molar-refractivity contribution in [1.29, 1.82) is 0 Å². The molecule has 0 aliphatic carbocycles. The van der Waals surface area contributed by atoms with Gasteiger partial charge in [-0.05, 0) is 41.9 Å². The molecular formula is C19H20FN3O3S. The van der Waals surface area contributed by atoms with E-state index in [2.05, 4.69) is 16.2 Å². The van der Waals surface area contributed by atoms with Gasteiger partial charge in [0.2, 0.25) is 0 Å². The second kappa shape index (κ2) is 9.63. The van der Waals surface area contributed by atoms with Crippen LogP contribution in [0.2, 0.25) is 0 Å². The summed E-state index contributed by atoms with van der Waals surface area (Å²) in [6.07, 6.45) is 0. The van der Waals surface area contributed by atoms with Crippen LogP contribution < -0.4 is 20.9 Å². The number of thiocarbonyl (C=S) groups is 1. The van der Waals surface area contributed by atoms with Crippen LogP contribution in [0.1, 0.15) is 35.7 Å². The number of carbonyl (C=O) groups excluding carboxylic acids is 2. The number of rotatable bonds is 5. The van der Waals surface area contributed by atoms with Crippen LogP contribution in [0.4, 0.5) is 4.39 Å². The molecule has 0 aliphatic heterocycles. The second-order valence-corrected chi connectivity index (χ2v) is 6.33. The first-order valence-electron chi connectivity index (χ1n) is 8.25. The number of hydrogen-bond donors (Lipinski definition) is 3. The van der Waals surface area contributed by atoms with Crippen molar-refractivity contribution in [2.75, 3.05) is 6.61 Å². The number of nitrogens with one attached hydrogen (secondary N) is 3. The normalized spacial score (nSPS) is 10.2. The van der Waals surface area contributed by atoms with Gasteiger partial charge in [-0.25, -0.2) is 4.39 Å². The molecule has 0 aromatic heterocycles. The smallest absolute Gasteiger partial charge is 0.276 e. The van der Waals surface area contributed by atoms with Gasteiger partial charge in [0.25, 0.3) is 11.8 Å². The van der Waals surface area contributed by atoms with Gasteiger partial charge >= 0.3 is 0 Å². The molecule has 2 amide bonds. The summed E-state index contributed by atoms with van der Waals surface area (Å²) in [6.45, 7) is 3.82. The van der Waals surface area contributed by atoms with E-state index in [0.29, 0.717) is 5.75 Å². The van der Waals surface area contributed by atoms with Crippen LogP contribution in [0.15, 0.2) is 48.5 Å². The Balaban J connectivity index is 1.79. The van der Waals surface area contributed by atoms with Gasteiger partial charge in [0.15, 0.2) is 11.7 Å². The molecule has 0 fully saturated rings. The van der Waals surface area contributed by atoms with E-state index in [1.54, 1.807) is 6.07 Å². The van der Waals surface area contributed by atoms with Crippen LogP contribution in [0.3, 0.4) is 0 Å². The van der Waals surface area contributed by atoms with Gasteiger partial charge in [-0.3, -0.25) is 25.8 Å². The number of halogens is 1. The predicted molar refractivity (Wildman–Crippen MR) is 104 cm³/mol. The highest BCUT2D eigenvalue weighted by atomic mass is 32.1. The zero-order valence-electron chi connectivity index (χ0n) is 14.9. The fourth-order valence-electron chi connectivity index (χ4n) is 2.24. The highest BCUT2D eigenvalue weighted by molar-refractivity contribution is 7.80. The lowest BCUT2D eigenvalue weighted by atomic mass is 10.0. The summed E-state index contributed by atoms with van der Waals surface area (Å²) < 4.78 is 19.1. The summed E-state index contributed by atoms with van der Waals surface area (Å²) in [5.41, 5.74) is 5.52. The zero-order valence-corrected chi connectivity index (χ0v) is 15.7. The fourth-order valence-corrected chi connectivity index (χ4v) is 2.39. The molecule has 2 aromatic rings. The maximum Gasteiger partial charge on any atom is 0.276 e. The summed E-state index contributed by atoms with van der Waals surface area (Å²) in [6, 6.07) is 12.9. The van der Waals surface area contributed by atoms with E-state index in [1.807, 2.05) is 32.0 Å². The lowest BCUT2D eigenvalue weighted by Gasteiger charge is -2.14. The highest BCUT2D eigenvalue weighted by Gasteiger charge is 2.13. The van der Waals surface area contributed by atoms with Crippen LogP contribution in [0.25, 0.3) is 0 Å². The lowest BCUT2D eigenvalue weighted by Crippen LogP contribution is -2.49. The summed E-state index contributed by atoms with van der Waals surface area (Å²) in [5.74, 6) is -1.00. The summed E-state index contributed by atoms with van der Waals surface area (Å²) in [4.78, 5) is 23.8. The number of carbonyl (C=O) groups is 2. The van der Waals surface area contributed by atoms with Crippen LogP contribution >= 0.6 is 12.2 Å². The van der Waals surface area contributed by atoms with E-state index >= 15 is 0 Å². The van der Waals surface area contributed by atoms with Crippen molar-refractivity contribution in [1.82, 2.24) is 16.2 Å². The molecule has 0 heterocycles. The summed E-state index contributed by atoms with van der Waals surface area (Å²) in [7, 11) is 0. The SMILES string of the molecule is CC(C)c1ccccc1OCC(=O)NNC(=S)NC(=O)c1ccccc1F. The molecule has 2 aromatic carbocycles. The number of amides is 2. The van der Waals surface area contributed by atoms with Gasteiger partial charge in [-0.1, -0.05) is 44.2 Å². The van der Waals surface area contributed by atoms with Crippen LogP contribution in [-0.2, 0) is 4.79 Å². The third-order valence-corrected chi connectivity index (χ3v) is 3.76. The van der Waals surface area contributed by atoms with Crippen molar-refractivity contribution in [2.24, 2.45) is 0 Å². The number of hydrogen-bond acceptors (Lipinski definition) is 4. The quantitative estimate of drug-likeness (QED) is 0.541. The lowest BCUT2D eigenvalue weighted by molar-refractivity contribution is -0.123. The fraction of sp³-hybridized carbons (Fsp3) is 0.211. The van der Waals surface area contributed by atoms with E-state index in [0.717, 1.165) is 5.56 Å². The molecule has 0 radical (unpaired) electrons. The number of para-hydroxylation sites is 1. The monoisotopic (exact) mass is 389 g/mol. The molecule has 0 saturated heterocycles. The largest absolute Gasteiger partial charge is 0.483 e. The topological polar surface area (TPSA) is 79.5 Å². The van der Waals surface area contributed by atoms with E-state index in [-0.39, 0.29) is 23.2 Å². The third-order valence-electron chi connectivity index (χ3n) is 3.56. The van der Waals surface area contributed by atoms with E-state index in [4.69, 9.17) is 17.0 Å². The average molecular weight is 389 g/mol. The molecule has 0 atom stereocenters. The Morgan fingerprint density at radius 2 is 1.74 bits per heavy atom. The molecule has 3 N–H and O–H groups in total. The molecule has 0 bridgehead atoms. The van der Waals surface area contributed by atoms with Crippen LogP contribution in [0, 0.1) is 5.82 Å². The summed E-state index contributed by atoms with van der Waals surface area (Å²) in [5, 5.41) is 2.11. The van der Waals surface area contributed by atoms with Crippen molar-refractivity contribution < 1.29 is 18.7 Å². The first kappa shape index (κ1) is 20.3. The first-order chi connectivity index (χ1) is 12.9. The number of hydrazine groups is 1. The molecule has 0 spiro atoms. The molecule has 6 nitrogen and oxygen atoms in total. The van der Waals surface area contributed by atoms with Gasteiger partial charge in [-0.2, -0.15) is 0 Å². The molecule has 0 unspecified atom stereocenters. The van der Waals surface area contributed by atoms with E-state index in [9.17, 15) is 14.0 Å². The molecule has 8 heteroatoms. The van der Waals surface area contributed by atoms with Crippen molar-refractivity contribution >= 4 is 29.1 Å². The second-order valence-electron chi connectivity index (χ2n) is 5.92. The number of benzene rings is 2. The summed E-state index contributed by atoms with van der Waals surface area (Å²) >= 11 is 4.90. The van der Waals surface area contributed by atoms with Gasteiger partial charge in [-0.15, -0.1) is 0 Å². The van der Waals surface area contributed by atoms with Crippen molar-refractivity contribution in [3.63, 3.8) is 0 Å². The average Bonchev–Trinajstić information content (AvgIpc) is 2.65. The molecular weight excluding hydrogens is 369 g/mol. The van der Waals surface area contributed by atoms with E-state index < -0.39 is 17.6 Å². The van der Waals surface area contributed by atoms with Crippen molar-refractivity contribution in [3.05, 3.63) is 65.5 Å².